The number of carbonyl (C=O) groups excluding carboxylic acids is 1. The lowest BCUT2D eigenvalue weighted by atomic mass is 10.2. The molecule has 122 valence electrons. The Bertz CT molecular complexity index is 807. The van der Waals surface area contributed by atoms with Gasteiger partial charge in [0.05, 0.1) is 16.1 Å². The van der Waals surface area contributed by atoms with Gasteiger partial charge < -0.3 is 9.80 Å². The number of nitrogens with zero attached hydrogens (tertiary/aromatic N) is 4. The van der Waals surface area contributed by atoms with Crippen LogP contribution in [0.4, 0.5) is 5.82 Å². The molecule has 3 aromatic heterocycles. The molecule has 0 unspecified atom stereocenters. The molecule has 4 rings (SSSR count). The van der Waals surface area contributed by atoms with Gasteiger partial charge in [-0.25, -0.2) is 0 Å². The van der Waals surface area contributed by atoms with E-state index < -0.39 is 0 Å². The molecular formula is C17H17N5OS. The third-order valence-electron chi connectivity index (χ3n) is 4.15. The van der Waals surface area contributed by atoms with Crippen LogP contribution >= 0.6 is 11.3 Å². The van der Waals surface area contributed by atoms with E-state index in [2.05, 4.69) is 37.6 Å². The Kier molecular flexibility index (Phi) is 4.00. The maximum atomic E-state index is 12.4. The highest BCUT2D eigenvalue weighted by Gasteiger charge is 2.23. The first-order valence-electron chi connectivity index (χ1n) is 7.85. The van der Waals surface area contributed by atoms with E-state index in [4.69, 9.17) is 0 Å². The predicted molar refractivity (Wildman–Crippen MR) is 94.3 cm³/mol. The third kappa shape index (κ3) is 2.90. The Morgan fingerprint density at radius 1 is 1.17 bits per heavy atom. The quantitative estimate of drug-likeness (QED) is 0.796. The Morgan fingerprint density at radius 2 is 2.04 bits per heavy atom. The van der Waals surface area contributed by atoms with Crippen LogP contribution in [-0.4, -0.2) is 52.2 Å². The summed E-state index contributed by atoms with van der Waals surface area (Å²) in [5.74, 6) is 0.982. The first-order chi connectivity index (χ1) is 11.8. The number of amides is 1. The Hall–Kier alpha value is -2.67. The van der Waals surface area contributed by atoms with Crippen molar-refractivity contribution in [2.24, 2.45) is 0 Å². The van der Waals surface area contributed by atoms with E-state index in [0.717, 1.165) is 24.6 Å². The number of pyridine rings is 1. The summed E-state index contributed by atoms with van der Waals surface area (Å²) in [5, 5.41) is 9.57. The molecule has 0 bridgehead atoms. The van der Waals surface area contributed by atoms with Crippen LogP contribution in [0.2, 0.25) is 0 Å². The molecule has 0 aliphatic carbocycles. The largest absolute Gasteiger partial charge is 0.352 e. The average molecular weight is 339 g/mol. The number of piperazine rings is 1. The standard InChI is InChI=1S/C17H17N5OS/c23-17(13-3-1-5-18-12-13)22-8-6-21(7-9-22)16-11-14(19-20-16)15-4-2-10-24-15/h1-5,10-12H,6-9H2,(H,19,20). The molecule has 1 saturated heterocycles. The van der Waals surface area contributed by atoms with E-state index in [0.29, 0.717) is 18.7 Å². The van der Waals surface area contributed by atoms with E-state index in [1.807, 2.05) is 17.0 Å². The molecule has 0 atom stereocenters. The van der Waals surface area contributed by atoms with Gasteiger partial charge in [-0.2, -0.15) is 5.10 Å². The van der Waals surface area contributed by atoms with Crippen molar-refractivity contribution in [1.29, 1.82) is 0 Å². The van der Waals surface area contributed by atoms with Crippen molar-refractivity contribution >= 4 is 23.1 Å². The fourth-order valence-electron chi connectivity index (χ4n) is 2.84. The number of H-pyrrole nitrogens is 1. The number of rotatable bonds is 3. The Labute approximate surface area is 143 Å². The number of nitrogens with one attached hydrogen (secondary N) is 1. The van der Waals surface area contributed by atoms with E-state index in [1.54, 1.807) is 29.8 Å². The minimum atomic E-state index is 0.0454. The lowest BCUT2D eigenvalue weighted by Crippen LogP contribution is -2.49. The van der Waals surface area contributed by atoms with E-state index in [9.17, 15) is 4.79 Å². The van der Waals surface area contributed by atoms with Crippen LogP contribution in [0.3, 0.4) is 0 Å². The summed E-state index contributed by atoms with van der Waals surface area (Å²) in [6, 6.07) is 9.78. The Balaban J connectivity index is 1.40. The number of thiophene rings is 1. The van der Waals surface area contributed by atoms with Crippen LogP contribution in [0.15, 0.2) is 48.1 Å². The summed E-state index contributed by atoms with van der Waals surface area (Å²) in [4.78, 5) is 21.7. The third-order valence-corrected chi connectivity index (χ3v) is 5.05. The normalized spacial score (nSPS) is 14.8. The second-order valence-corrected chi connectivity index (χ2v) is 6.59. The van der Waals surface area contributed by atoms with Crippen molar-refractivity contribution in [3.05, 3.63) is 53.7 Å². The fraction of sp³-hybridized carbons (Fsp3) is 0.235. The molecule has 0 aromatic carbocycles. The summed E-state index contributed by atoms with van der Waals surface area (Å²) < 4.78 is 0. The molecule has 6 nitrogen and oxygen atoms in total. The van der Waals surface area contributed by atoms with Gasteiger partial charge in [0.25, 0.3) is 5.91 Å². The van der Waals surface area contributed by atoms with Crippen LogP contribution in [0.1, 0.15) is 10.4 Å². The van der Waals surface area contributed by atoms with Crippen molar-refractivity contribution in [3.63, 3.8) is 0 Å². The maximum Gasteiger partial charge on any atom is 0.255 e. The van der Waals surface area contributed by atoms with Gasteiger partial charge in [-0.1, -0.05) is 6.07 Å². The molecule has 0 radical (unpaired) electrons. The zero-order valence-corrected chi connectivity index (χ0v) is 13.9. The van der Waals surface area contributed by atoms with Gasteiger partial charge in [0.1, 0.15) is 0 Å². The van der Waals surface area contributed by atoms with Crippen molar-refractivity contribution in [3.8, 4) is 10.6 Å². The average Bonchev–Trinajstić information content (AvgIpc) is 3.33. The van der Waals surface area contributed by atoms with Crippen molar-refractivity contribution < 1.29 is 4.79 Å². The molecule has 4 heterocycles. The highest BCUT2D eigenvalue weighted by Crippen LogP contribution is 2.26. The molecular weight excluding hydrogens is 322 g/mol. The zero-order valence-electron chi connectivity index (χ0n) is 13.1. The molecule has 1 N–H and O–H groups in total. The summed E-state index contributed by atoms with van der Waals surface area (Å²) in [7, 11) is 0. The molecule has 7 heteroatoms. The van der Waals surface area contributed by atoms with Gasteiger partial charge in [-0.15, -0.1) is 11.3 Å². The van der Waals surface area contributed by atoms with E-state index >= 15 is 0 Å². The SMILES string of the molecule is O=C(c1cccnc1)N1CCN(c2cc(-c3cccs3)[nH]n2)CC1. The van der Waals surface area contributed by atoms with Crippen LogP contribution < -0.4 is 4.90 Å². The molecule has 3 aromatic rings. The van der Waals surface area contributed by atoms with Crippen LogP contribution in [-0.2, 0) is 0 Å². The van der Waals surface area contributed by atoms with Crippen molar-refractivity contribution in [2.75, 3.05) is 31.1 Å². The van der Waals surface area contributed by atoms with Gasteiger partial charge in [0, 0.05) is 44.6 Å². The predicted octanol–water partition coefficient (Wildman–Crippen LogP) is 2.50. The second-order valence-electron chi connectivity index (χ2n) is 5.64. The molecule has 1 aliphatic rings. The monoisotopic (exact) mass is 339 g/mol. The number of hydrogen-bond acceptors (Lipinski definition) is 5. The Morgan fingerprint density at radius 3 is 2.75 bits per heavy atom. The molecule has 0 saturated carbocycles. The van der Waals surface area contributed by atoms with Crippen molar-refractivity contribution in [2.45, 2.75) is 0 Å². The highest BCUT2D eigenvalue weighted by atomic mass is 32.1. The molecule has 24 heavy (non-hydrogen) atoms. The van der Waals surface area contributed by atoms with Gasteiger partial charge >= 0.3 is 0 Å². The minimum absolute atomic E-state index is 0.0454. The van der Waals surface area contributed by atoms with Crippen LogP contribution in [0, 0.1) is 0 Å². The maximum absolute atomic E-state index is 12.4. The van der Waals surface area contributed by atoms with E-state index in [1.165, 1.54) is 4.88 Å². The fourth-order valence-corrected chi connectivity index (χ4v) is 3.53. The van der Waals surface area contributed by atoms with Gasteiger partial charge in [0.2, 0.25) is 0 Å². The van der Waals surface area contributed by atoms with E-state index in [-0.39, 0.29) is 5.91 Å². The highest BCUT2D eigenvalue weighted by molar-refractivity contribution is 7.13. The summed E-state index contributed by atoms with van der Waals surface area (Å²) >= 11 is 1.69. The smallest absolute Gasteiger partial charge is 0.255 e. The lowest BCUT2D eigenvalue weighted by Gasteiger charge is -2.34. The topological polar surface area (TPSA) is 65.1 Å². The first-order valence-corrected chi connectivity index (χ1v) is 8.73. The van der Waals surface area contributed by atoms with Gasteiger partial charge in [0.15, 0.2) is 5.82 Å². The molecule has 0 spiro atoms. The summed E-state index contributed by atoms with van der Waals surface area (Å²) in [6.07, 6.45) is 3.30. The number of hydrogen-bond donors (Lipinski definition) is 1. The van der Waals surface area contributed by atoms with Crippen molar-refractivity contribution in [1.82, 2.24) is 20.1 Å². The summed E-state index contributed by atoms with van der Waals surface area (Å²) in [5.41, 5.74) is 1.68. The number of carbonyl (C=O) groups is 1. The van der Waals surface area contributed by atoms with Crippen LogP contribution in [0.5, 0.6) is 0 Å². The van der Waals surface area contributed by atoms with Gasteiger partial charge in [-0.05, 0) is 23.6 Å². The zero-order chi connectivity index (χ0) is 16.4. The minimum Gasteiger partial charge on any atom is -0.352 e. The molecule has 1 aliphatic heterocycles. The lowest BCUT2D eigenvalue weighted by molar-refractivity contribution is 0.0746. The summed E-state index contributed by atoms with van der Waals surface area (Å²) in [6.45, 7) is 2.94. The first kappa shape index (κ1) is 14.9. The number of anilines is 1. The molecule has 1 amide bonds. The second kappa shape index (κ2) is 6.45. The van der Waals surface area contributed by atoms with Crippen LogP contribution in [0.25, 0.3) is 10.6 Å². The number of aromatic nitrogens is 3. The molecule has 1 fully saturated rings. The van der Waals surface area contributed by atoms with Gasteiger partial charge in [-0.3, -0.25) is 14.9 Å². The number of aromatic amines is 1.